The van der Waals surface area contributed by atoms with Crippen molar-refractivity contribution in [3.8, 4) is 34.0 Å². The molecule has 0 spiro atoms. The van der Waals surface area contributed by atoms with Crippen LogP contribution >= 0.6 is 0 Å². The molecule has 1 amide bonds. The summed E-state index contributed by atoms with van der Waals surface area (Å²) in [6.45, 7) is 1.39. The van der Waals surface area contributed by atoms with Gasteiger partial charge in [-0.05, 0) is 31.0 Å². The van der Waals surface area contributed by atoms with Crippen molar-refractivity contribution in [2.45, 2.75) is 18.9 Å². The Morgan fingerprint density at radius 3 is 2.41 bits per heavy atom. The Morgan fingerprint density at radius 2 is 1.65 bits per heavy atom. The highest BCUT2D eigenvalue weighted by atomic mass is 16.5. The van der Waals surface area contributed by atoms with E-state index in [1.54, 1.807) is 6.20 Å². The van der Waals surface area contributed by atoms with Crippen molar-refractivity contribution in [1.29, 1.82) is 0 Å². The van der Waals surface area contributed by atoms with Gasteiger partial charge >= 0.3 is 0 Å². The second-order valence-corrected chi connectivity index (χ2v) is 9.04. The minimum Gasteiger partial charge on any atom is -0.383 e. The lowest BCUT2D eigenvalue weighted by Crippen LogP contribution is -2.39. The third-order valence-electron chi connectivity index (χ3n) is 6.69. The number of benzene rings is 2. The van der Waals surface area contributed by atoms with E-state index in [2.05, 4.69) is 20.2 Å². The molecule has 0 bridgehead atoms. The van der Waals surface area contributed by atoms with E-state index in [9.17, 15) is 4.79 Å². The molecule has 1 saturated heterocycles. The average Bonchev–Trinajstić information content (AvgIpc) is 3.65. The molecule has 2 aromatic carbocycles. The van der Waals surface area contributed by atoms with Gasteiger partial charge in [0.2, 0.25) is 5.82 Å². The average molecular weight is 492 g/mol. The molecule has 3 aromatic heterocycles. The van der Waals surface area contributed by atoms with Crippen LogP contribution in [0.1, 0.15) is 29.2 Å². The van der Waals surface area contributed by atoms with E-state index in [1.807, 2.05) is 88.7 Å². The zero-order chi connectivity index (χ0) is 25.2. The highest BCUT2D eigenvalue weighted by molar-refractivity contribution is 5.94. The molecule has 1 fully saturated rings. The zero-order valence-corrected chi connectivity index (χ0v) is 20.1. The fraction of sp³-hybridized carbons (Fsp3) is 0.179. The monoisotopic (exact) mass is 491 g/mol. The molecule has 5 aromatic rings. The van der Waals surface area contributed by atoms with Crippen molar-refractivity contribution in [3.05, 3.63) is 90.9 Å². The molecule has 0 saturated carbocycles. The summed E-state index contributed by atoms with van der Waals surface area (Å²) in [5.74, 6) is 1.20. The molecule has 9 nitrogen and oxygen atoms in total. The number of hydrogen-bond donors (Lipinski definition) is 1. The van der Waals surface area contributed by atoms with Crippen LogP contribution in [0.4, 0.5) is 5.82 Å². The van der Waals surface area contributed by atoms with Gasteiger partial charge in [0.25, 0.3) is 11.8 Å². The Balaban J connectivity index is 1.17. The predicted octanol–water partition coefficient (Wildman–Crippen LogP) is 4.72. The summed E-state index contributed by atoms with van der Waals surface area (Å²) in [5, 5.41) is 8.71. The van der Waals surface area contributed by atoms with Crippen LogP contribution in [0.2, 0.25) is 0 Å². The van der Waals surface area contributed by atoms with Crippen LogP contribution in [0.25, 0.3) is 34.0 Å². The molecule has 0 radical (unpaired) electrons. The largest absolute Gasteiger partial charge is 0.383 e. The fourth-order valence-corrected chi connectivity index (χ4v) is 4.63. The Kier molecular flexibility index (Phi) is 5.94. The van der Waals surface area contributed by atoms with Gasteiger partial charge in [-0.2, -0.15) is 10.1 Å². The number of piperidine rings is 1. The Hall–Kier alpha value is -4.79. The molecule has 9 heteroatoms. The number of carbonyl (C=O) groups is 1. The van der Waals surface area contributed by atoms with Crippen LogP contribution in [0.5, 0.6) is 0 Å². The van der Waals surface area contributed by atoms with Gasteiger partial charge in [0.1, 0.15) is 5.82 Å². The predicted molar refractivity (Wildman–Crippen MR) is 139 cm³/mol. The number of aromatic nitrogens is 5. The third kappa shape index (κ3) is 4.58. The zero-order valence-electron chi connectivity index (χ0n) is 20.1. The molecule has 0 unspecified atom stereocenters. The molecule has 1 aliphatic heterocycles. The van der Waals surface area contributed by atoms with Gasteiger partial charge in [-0.25, -0.2) is 4.98 Å². The van der Waals surface area contributed by atoms with Crippen LogP contribution in [-0.2, 0) is 0 Å². The van der Waals surface area contributed by atoms with E-state index >= 15 is 0 Å². The maximum absolute atomic E-state index is 12.8. The number of amides is 1. The smallest absolute Gasteiger partial charge is 0.262 e. The summed E-state index contributed by atoms with van der Waals surface area (Å²) in [5.41, 5.74) is 10.1. The van der Waals surface area contributed by atoms with Crippen molar-refractivity contribution in [1.82, 2.24) is 29.8 Å². The van der Waals surface area contributed by atoms with Gasteiger partial charge < -0.3 is 15.2 Å². The third-order valence-corrected chi connectivity index (χ3v) is 6.69. The van der Waals surface area contributed by atoms with Crippen LogP contribution < -0.4 is 5.73 Å². The van der Waals surface area contributed by atoms with Crippen molar-refractivity contribution in [3.63, 3.8) is 0 Å². The van der Waals surface area contributed by atoms with Crippen LogP contribution in [0.3, 0.4) is 0 Å². The first-order valence-corrected chi connectivity index (χ1v) is 12.2. The van der Waals surface area contributed by atoms with Crippen LogP contribution in [-0.4, -0.2) is 48.8 Å². The lowest BCUT2D eigenvalue weighted by atomic mass is 10.0. The van der Waals surface area contributed by atoms with E-state index in [1.165, 1.54) is 0 Å². The Bertz CT molecular complexity index is 1520. The molecule has 0 aliphatic carbocycles. The summed E-state index contributed by atoms with van der Waals surface area (Å²) in [7, 11) is 0. The second kappa shape index (κ2) is 9.69. The summed E-state index contributed by atoms with van der Waals surface area (Å²) >= 11 is 0. The van der Waals surface area contributed by atoms with Crippen LogP contribution in [0, 0.1) is 0 Å². The standard InChI is InChI=1S/C28H25N7O2/c29-25-24(27-32-26(33-37-27)19-7-3-1-4-8-19)15-21(16-30-25)22-17-31-35(18-22)23-11-13-34(14-12-23)28(36)20-9-5-2-6-10-20/h1-10,15-18,23H,11-14H2,(H2,29,30). The number of nitrogens with two attached hydrogens (primary N) is 1. The first kappa shape index (κ1) is 22.7. The first-order valence-electron chi connectivity index (χ1n) is 12.2. The molecule has 4 heterocycles. The number of hydrogen-bond acceptors (Lipinski definition) is 7. The quantitative estimate of drug-likeness (QED) is 0.378. The fourth-order valence-electron chi connectivity index (χ4n) is 4.63. The highest BCUT2D eigenvalue weighted by Gasteiger charge is 2.25. The van der Waals surface area contributed by atoms with E-state index in [-0.39, 0.29) is 11.9 Å². The number of anilines is 1. The maximum atomic E-state index is 12.8. The van der Waals surface area contributed by atoms with Crippen molar-refractivity contribution in [2.24, 2.45) is 0 Å². The second-order valence-electron chi connectivity index (χ2n) is 9.04. The number of rotatable bonds is 5. The molecule has 37 heavy (non-hydrogen) atoms. The first-order chi connectivity index (χ1) is 18.2. The molecular weight excluding hydrogens is 466 g/mol. The number of nitrogen functional groups attached to an aromatic ring is 1. The summed E-state index contributed by atoms with van der Waals surface area (Å²) in [6.07, 6.45) is 7.24. The normalized spacial score (nSPS) is 14.1. The van der Waals surface area contributed by atoms with Crippen molar-refractivity contribution >= 4 is 11.7 Å². The molecule has 184 valence electrons. The SMILES string of the molecule is Nc1ncc(-c2cnn(C3CCN(C(=O)c4ccccc4)CC3)c2)cc1-c1nc(-c2ccccc2)no1. The Labute approximate surface area is 213 Å². The summed E-state index contributed by atoms with van der Waals surface area (Å²) < 4.78 is 7.49. The maximum Gasteiger partial charge on any atom is 0.262 e. The molecule has 2 N–H and O–H groups in total. The van der Waals surface area contributed by atoms with Gasteiger partial charge in [-0.3, -0.25) is 9.48 Å². The lowest BCUT2D eigenvalue weighted by Gasteiger charge is -2.32. The van der Waals surface area contributed by atoms with Crippen molar-refractivity contribution < 1.29 is 9.32 Å². The van der Waals surface area contributed by atoms with E-state index in [0.29, 0.717) is 36.2 Å². The van der Waals surface area contributed by atoms with Gasteiger partial charge in [0, 0.05) is 47.7 Å². The van der Waals surface area contributed by atoms with E-state index < -0.39 is 0 Å². The minimum atomic E-state index is 0.0807. The number of nitrogens with zero attached hydrogens (tertiary/aromatic N) is 6. The Morgan fingerprint density at radius 1 is 0.919 bits per heavy atom. The lowest BCUT2D eigenvalue weighted by molar-refractivity contribution is 0.0690. The van der Waals surface area contributed by atoms with Crippen LogP contribution in [0.15, 0.2) is 89.8 Å². The van der Waals surface area contributed by atoms with Gasteiger partial charge in [-0.1, -0.05) is 53.7 Å². The number of carbonyl (C=O) groups excluding carboxylic acids is 1. The highest BCUT2D eigenvalue weighted by Crippen LogP contribution is 2.31. The summed E-state index contributed by atoms with van der Waals surface area (Å²) in [4.78, 5) is 23.6. The molecular formula is C28H25N7O2. The van der Waals surface area contributed by atoms with Gasteiger partial charge in [-0.15, -0.1) is 0 Å². The van der Waals surface area contributed by atoms with E-state index in [4.69, 9.17) is 10.3 Å². The van der Waals surface area contributed by atoms with E-state index in [0.717, 1.165) is 35.1 Å². The summed E-state index contributed by atoms with van der Waals surface area (Å²) in [6, 6.07) is 21.2. The minimum absolute atomic E-state index is 0.0807. The molecule has 1 aliphatic rings. The van der Waals surface area contributed by atoms with Crippen molar-refractivity contribution in [2.75, 3.05) is 18.8 Å². The van der Waals surface area contributed by atoms with Gasteiger partial charge in [0.15, 0.2) is 0 Å². The number of likely N-dealkylation sites (tertiary alicyclic amines) is 1. The topological polar surface area (TPSA) is 116 Å². The molecule has 0 atom stereocenters. The van der Waals surface area contributed by atoms with Gasteiger partial charge in [0.05, 0.1) is 17.8 Å². The number of pyridine rings is 1. The molecule has 6 rings (SSSR count).